The molecule has 1 aromatic rings. The summed E-state index contributed by atoms with van der Waals surface area (Å²) >= 11 is 0. The molecule has 0 radical (unpaired) electrons. The van der Waals surface area contributed by atoms with Crippen molar-refractivity contribution >= 4 is 6.21 Å². The van der Waals surface area contributed by atoms with Gasteiger partial charge in [0.05, 0.1) is 6.07 Å². The van der Waals surface area contributed by atoms with Gasteiger partial charge in [0.15, 0.2) is 0 Å². The maximum absolute atomic E-state index is 8.98. The molecule has 15 heavy (non-hydrogen) atoms. The summed E-state index contributed by atoms with van der Waals surface area (Å²) in [5.41, 5.74) is 0.919. The Hall–Kier alpha value is -1.62. The van der Waals surface area contributed by atoms with Crippen molar-refractivity contribution in [3.05, 3.63) is 35.9 Å². The van der Waals surface area contributed by atoms with E-state index in [1.165, 1.54) is 0 Å². The summed E-state index contributed by atoms with van der Waals surface area (Å²) in [4.78, 5) is 4.30. The summed E-state index contributed by atoms with van der Waals surface area (Å²) in [5, 5.41) is 8.98. The molecule has 0 aromatic heterocycles. The minimum Gasteiger partial charge on any atom is -0.273 e. The average Bonchev–Trinajstić information content (AvgIpc) is 2.18. The Morgan fingerprint density at radius 3 is 2.33 bits per heavy atom. The van der Waals surface area contributed by atoms with E-state index < -0.39 is 0 Å². The van der Waals surface area contributed by atoms with Gasteiger partial charge in [0.25, 0.3) is 0 Å². The van der Waals surface area contributed by atoms with E-state index in [2.05, 4.69) is 11.1 Å². The molecule has 0 aliphatic rings. The van der Waals surface area contributed by atoms with Gasteiger partial charge in [-0.2, -0.15) is 5.26 Å². The lowest BCUT2D eigenvalue weighted by molar-refractivity contribution is 0.375. The Morgan fingerprint density at radius 2 is 1.87 bits per heavy atom. The number of nitriles is 1. The van der Waals surface area contributed by atoms with E-state index in [0.717, 1.165) is 5.56 Å². The number of benzene rings is 1. The highest BCUT2D eigenvalue weighted by Crippen LogP contribution is 2.21. The largest absolute Gasteiger partial charge is 0.273 e. The molecule has 1 rings (SSSR count). The molecule has 2 nitrogen and oxygen atoms in total. The lowest BCUT2D eigenvalue weighted by Crippen LogP contribution is -2.22. The number of hydrogen-bond donors (Lipinski definition) is 0. The highest BCUT2D eigenvalue weighted by atomic mass is 14.8. The molecular formula is C13H16N2. The highest BCUT2D eigenvalue weighted by molar-refractivity contribution is 5.79. The Morgan fingerprint density at radius 1 is 1.27 bits per heavy atom. The molecule has 0 saturated heterocycles. The second-order valence-corrected chi connectivity index (χ2v) is 4.59. The zero-order valence-corrected chi connectivity index (χ0v) is 9.44. The van der Waals surface area contributed by atoms with Crippen LogP contribution in [0.1, 0.15) is 26.3 Å². The van der Waals surface area contributed by atoms with Crippen LogP contribution >= 0.6 is 0 Å². The van der Waals surface area contributed by atoms with Gasteiger partial charge in [-0.1, -0.05) is 51.1 Å². The SMILES string of the molecule is CC(C)(C)[C@H](C#N)N=Cc1ccccc1. The van der Waals surface area contributed by atoms with Crippen LogP contribution in [0.25, 0.3) is 0 Å². The summed E-state index contributed by atoms with van der Waals surface area (Å²) in [6.07, 6.45) is 1.76. The van der Waals surface area contributed by atoms with E-state index in [-0.39, 0.29) is 11.5 Å². The molecule has 0 unspecified atom stereocenters. The fourth-order valence-corrected chi connectivity index (χ4v) is 1.15. The molecular weight excluding hydrogens is 184 g/mol. The molecule has 0 spiro atoms. The third kappa shape index (κ3) is 3.55. The summed E-state index contributed by atoms with van der Waals surface area (Å²) in [6, 6.07) is 11.7. The summed E-state index contributed by atoms with van der Waals surface area (Å²) in [6.45, 7) is 6.05. The van der Waals surface area contributed by atoms with E-state index in [1.807, 2.05) is 51.1 Å². The van der Waals surface area contributed by atoms with Gasteiger partial charge in [-0.25, -0.2) is 0 Å². The average molecular weight is 200 g/mol. The Balaban J connectivity index is 2.78. The Labute approximate surface area is 91.3 Å². The van der Waals surface area contributed by atoms with Crippen LogP contribution in [-0.4, -0.2) is 12.3 Å². The van der Waals surface area contributed by atoms with Crippen molar-refractivity contribution in [3.63, 3.8) is 0 Å². The van der Waals surface area contributed by atoms with Gasteiger partial charge in [-0.05, 0) is 11.0 Å². The smallest absolute Gasteiger partial charge is 0.141 e. The molecule has 0 amide bonds. The predicted octanol–water partition coefficient (Wildman–Crippen LogP) is 3.04. The lowest BCUT2D eigenvalue weighted by atomic mass is 9.88. The van der Waals surface area contributed by atoms with Crippen molar-refractivity contribution in [3.8, 4) is 6.07 Å². The van der Waals surface area contributed by atoms with E-state index >= 15 is 0 Å². The molecule has 1 atom stereocenters. The quantitative estimate of drug-likeness (QED) is 0.676. The minimum absolute atomic E-state index is 0.111. The first-order valence-electron chi connectivity index (χ1n) is 5.02. The maximum atomic E-state index is 8.98. The number of nitrogens with zero attached hydrogens (tertiary/aromatic N) is 2. The van der Waals surface area contributed by atoms with E-state index in [1.54, 1.807) is 6.21 Å². The molecule has 0 saturated carbocycles. The Bertz CT molecular complexity index is 366. The first-order valence-corrected chi connectivity index (χ1v) is 5.02. The zero-order valence-electron chi connectivity index (χ0n) is 9.44. The van der Waals surface area contributed by atoms with Crippen LogP contribution in [-0.2, 0) is 0 Å². The minimum atomic E-state index is -0.294. The van der Waals surface area contributed by atoms with Crippen LogP contribution in [0.5, 0.6) is 0 Å². The van der Waals surface area contributed by atoms with Crippen LogP contribution in [0, 0.1) is 16.7 Å². The van der Waals surface area contributed by atoms with Crippen molar-refractivity contribution in [2.24, 2.45) is 10.4 Å². The highest BCUT2D eigenvalue weighted by Gasteiger charge is 2.22. The molecule has 0 fully saturated rings. The first kappa shape index (κ1) is 11.5. The molecule has 1 aromatic carbocycles. The second kappa shape index (κ2) is 4.75. The summed E-state index contributed by atoms with van der Waals surface area (Å²) in [7, 11) is 0. The fourth-order valence-electron chi connectivity index (χ4n) is 1.15. The first-order chi connectivity index (χ1) is 7.04. The lowest BCUT2D eigenvalue weighted by Gasteiger charge is -2.20. The third-order valence-corrected chi connectivity index (χ3v) is 2.11. The summed E-state index contributed by atoms with van der Waals surface area (Å²) in [5.74, 6) is 0. The van der Waals surface area contributed by atoms with Gasteiger partial charge in [0.2, 0.25) is 0 Å². The van der Waals surface area contributed by atoms with E-state index in [0.29, 0.717) is 0 Å². The van der Waals surface area contributed by atoms with E-state index in [4.69, 9.17) is 5.26 Å². The molecule has 0 heterocycles. The molecule has 0 aliphatic heterocycles. The zero-order chi connectivity index (χ0) is 11.3. The van der Waals surface area contributed by atoms with Crippen LogP contribution < -0.4 is 0 Å². The van der Waals surface area contributed by atoms with Crippen molar-refractivity contribution in [1.82, 2.24) is 0 Å². The van der Waals surface area contributed by atoms with Gasteiger partial charge in [0.1, 0.15) is 6.04 Å². The van der Waals surface area contributed by atoms with Crippen LogP contribution in [0.2, 0.25) is 0 Å². The van der Waals surface area contributed by atoms with Gasteiger partial charge >= 0.3 is 0 Å². The molecule has 0 aliphatic carbocycles. The maximum Gasteiger partial charge on any atom is 0.141 e. The number of rotatable bonds is 2. The van der Waals surface area contributed by atoms with Crippen molar-refractivity contribution in [2.75, 3.05) is 0 Å². The van der Waals surface area contributed by atoms with Gasteiger partial charge in [-0.3, -0.25) is 4.99 Å². The number of hydrogen-bond acceptors (Lipinski definition) is 2. The molecule has 2 heteroatoms. The number of aliphatic imine (C=N–C) groups is 1. The monoisotopic (exact) mass is 200 g/mol. The van der Waals surface area contributed by atoms with Gasteiger partial charge in [0, 0.05) is 6.21 Å². The normalized spacial score (nSPS) is 13.7. The molecule has 78 valence electrons. The second-order valence-electron chi connectivity index (χ2n) is 4.59. The van der Waals surface area contributed by atoms with E-state index in [9.17, 15) is 0 Å². The van der Waals surface area contributed by atoms with Crippen molar-refractivity contribution < 1.29 is 0 Å². The Kier molecular flexibility index (Phi) is 3.62. The van der Waals surface area contributed by atoms with Gasteiger partial charge in [-0.15, -0.1) is 0 Å². The van der Waals surface area contributed by atoms with Crippen LogP contribution in [0.15, 0.2) is 35.3 Å². The van der Waals surface area contributed by atoms with Crippen molar-refractivity contribution in [2.45, 2.75) is 26.8 Å². The fraction of sp³-hybridized carbons (Fsp3) is 0.385. The van der Waals surface area contributed by atoms with Crippen molar-refractivity contribution in [1.29, 1.82) is 5.26 Å². The topological polar surface area (TPSA) is 36.1 Å². The molecule has 0 N–H and O–H groups in total. The molecule has 0 bridgehead atoms. The summed E-state index contributed by atoms with van der Waals surface area (Å²) < 4.78 is 0. The third-order valence-electron chi connectivity index (χ3n) is 2.11. The van der Waals surface area contributed by atoms with Gasteiger partial charge < -0.3 is 0 Å². The van der Waals surface area contributed by atoms with Crippen LogP contribution in [0.3, 0.4) is 0 Å². The van der Waals surface area contributed by atoms with Crippen LogP contribution in [0.4, 0.5) is 0 Å². The predicted molar refractivity (Wildman–Crippen MR) is 62.9 cm³/mol. The standard InChI is InChI=1S/C13H16N2/c1-13(2,3)12(9-14)15-10-11-7-5-4-6-8-11/h4-8,10,12H,1-3H3/t12-/m0/s1.